The summed E-state index contributed by atoms with van der Waals surface area (Å²) in [7, 11) is 0. The molecule has 1 atom stereocenters. The van der Waals surface area contributed by atoms with Crippen molar-refractivity contribution < 1.29 is 9.59 Å². The van der Waals surface area contributed by atoms with E-state index in [9.17, 15) is 14.9 Å². The van der Waals surface area contributed by atoms with E-state index in [0.29, 0.717) is 34.4 Å². The Kier molecular flexibility index (Phi) is 6.44. The molecule has 1 aliphatic heterocycles. The molecular weight excluding hydrogens is 514 g/mol. The number of pyridine rings is 1. The van der Waals surface area contributed by atoms with Crippen LogP contribution in [0.1, 0.15) is 48.5 Å². The predicted molar refractivity (Wildman–Crippen MR) is 146 cm³/mol. The number of aromatic nitrogens is 5. The SMILES string of the molecule is CC(C)Nc1cc(-c2ccc3cc(C#N)cnn23)ncc1-c1nnc(C(=O)N2CC[C@H](NC(=O)C3CC3)C2)s1. The quantitative estimate of drug-likeness (QED) is 0.363. The van der Waals surface area contributed by atoms with Crippen molar-refractivity contribution in [2.75, 3.05) is 18.4 Å². The van der Waals surface area contributed by atoms with E-state index in [2.05, 4.69) is 37.0 Å². The summed E-state index contributed by atoms with van der Waals surface area (Å²) >= 11 is 1.23. The minimum absolute atomic E-state index is 0.0147. The van der Waals surface area contributed by atoms with Crippen LogP contribution in [0.2, 0.25) is 0 Å². The van der Waals surface area contributed by atoms with Gasteiger partial charge < -0.3 is 15.5 Å². The van der Waals surface area contributed by atoms with Crippen molar-refractivity contribution in [1.82, 2.24) is 35.0 Å². The molecule has 4 aromatic heterocycles. The summed E-state index contributed by atoms with van der Waals surface area (Å²) in [6.45, 7) is 5.15. The van der Waals surface area contributed by atoms with Crippen molar-refractivity contribution in [3.63, 3.8) is 0 Å². The largest absolute Gasteiger partial charge is 0.382 e. The third-order valence-electron chi connectivity index (χ3n) is 6.85. The van der Waals surface area contributed by atoms with Gasteiger partial charge in [-0.05, 0) is 57.4 Å². The van der Waals surface area contributed by atoms with E-state index in [1.54, 1.807) is 21.7 Å². The lowest BCUT2D eigenvalue weighted by atomic mass is 10.1. The maximum atomic E-state index is 13.2. The number of likely N-dealkylation sites (tertiary alicyclic amines) is 1. The van der Waals surface area contributed by atoms with Crippen molar-refractivity contribution in [2.45, 2.75) is 45.2 Å². The highest BCUT2D eigenvalue weighted by Crippen LogP contribution is 2.34. The molecule has 198 valence electrons. The molecule has 1 aliphatic carbocycles. The summed E-state index contributed by atoms with van der Waals surface area (Å²) in [5.74, 6) is 0.0787. The smallest absolute Gasteiger partial charge is 0.284 e. The molecular formula is C27H27N9O2S. The van der Waals surface area contributed by atoms with Crippen LogP contribution in [0.3, 0.4) is 0 Å². The van der Waals surface area contributed by atoms with E-state index in [-0.39, 0.29) is 29.8 Å². The number of hydrogen-bond donors (Lipinski definition) is 2. The Morgan fingerprint density at radius 3 is 2.77 bits per heavy atom. The third-order valence-corrected chi connectivity index (χ3v) is 7.79. The maximum absolute atomic E-state index is 13.2. The van der Waals surface area contributed by atoms with Gasteiger partial charge in [-0.3, -0.25) is 14.6 Å². The Balaban J connectivity index is 1.24. The normalized spacial score (nSPS) is 17.0. The van der Waals surface area contributed by atoms with Crippen LogP contribution in [0.15, 0.2) is 36.7 Å². The summed E-state index contributed by atoms with van der Waals surface area (Å²) < 4.78 is 1.75. The zero-order valence-electron chi connectivity index (χ0n) is 21.6. The summed E-state index contributed by atoms with van der Waals surface area (Å²) in [4.78, 5) is 31.7. The molecule has 0 bridgehead atoms. The van der Waals surface area contributed by atoms with Crippen LogP contribution < -0.4 is 10.6 Å². The number of nitrogens with one attached hydrogen (secondary N) is 2. The van der Waals surface area contributed by atoms with Crippen LogP contribution in [-0.2, 0) is 4.79 Å². The molecule has 12 heteroatoms. The number of amides is 2. The van der Waals surface area contributed by atoms with Crippen LogP contribution in [-0.4, -0.2) is 66.7 Å². The Morgan fingerprint density at radius 2 is 2.00 bits per heavy atom. The number of nitrogens with zero attached hydrogens (tertiary/aromatic N) is 7. The molecule has 4 aromatic rings. The number of carbonyl (C=O) groups excluding carboxylic acids is 2. The Bertz CT molecular complexity index is 1610. The van der Waals surface area contributed by atoms with Gasteiger partial charge in [-0.25, -0.2) is 4.52 Å². The molecule has 2 amide bonds. The van der Waals surface area contributed by atoms with E-state index in [0.717, 1.165) is 41.7 Å². The van der Waals surface area contributed by atoms with Gasteiger partial charge in [0.15, 0.2) is 5.01 Å². The molecule has 2 aliphatic rings. The average Bonchev–Trinajstić information content (AvgIpc) is 3.30. The molecule has 1 saturated carbocycles. The molecule has 6 rings (SSSR count). The number of anilines is 1. The lowest BCUT2D eigenvalue weighted by molar-refractivity contribution is -0.122. The van der Waals surface area contributed by atoms with E-state index in [4.69, 9.17) is 0 Å². The highest BCUT2D eigenvalue weighted by atomic mass is 32.1. The summed E-state index contributed by atoms with van der Waals surface area (Å²) in [6.07, 6.45) is 5.92. The molecule has 39 heavy (non-hydrogen) atoms. The average molecular weight is 542 g/mol. The van der Waals surface area contributed by atoms with Gasteiger partial charge in [-0.1, -0.05) is 11.3 Å². The topological polar surface area (TPSA) is 141 Å². The first-order valence-electron chi connectivity index (χ1n) is 13.0. The zero-order valence-corrected chi connectivity index (χ0v) is 22.4. The zero-order chi connectivity index (χ0) is 27.1. The predicted octanol–water partition coefficient (Wildman–Crippen LogP) is 3.35. The van der Waals surface area contributed by atoms with E-state index in [1.807, 2.05) is 32.0 Å². The van der Waals surface area contributed by atoms with Gasteiger partial charge >= 0.3 is 0 Å². The van der Waals surface area contributed by atoms with Crippen LogP contribution in [0.25, 0.3) is 27.5 Å². The Labute approximate surface area is 228 Å². The second-order valence-corrected chi connectivity index (χ2v) is 11.2. The molecule has 2 fully saturated rings. The monoisotopic (exact) mass is 541 g/mol. The van der Waals surface area contributed by atoms with Crippen molar-refractivity contribution in [3.05, 3.63) is 47.2 Å². The minimum atomic E-state index is -0.174. The van der Waals surface area contributed by atoms with Gasteiger partial charge in [-0.2, -0.15) is 10.4 Å². The van der Waals surface area contributed by atoms with Crippen molar-refractivity contribution >= 4 is 34.4 Å². The van der Waals surface area contributed by atoms with Crippen LogP contribution >= 0.6 is 11.3 Å². The molecule has 0 unspecified atom stereocenters. The summed E-state index contributed by atoms with van der Waals surface area (Å²) in [6, 6.07) is 9.77. The number of fused-ring (bicyclic) bond motifs is 1. The molecule has 0 aromatic carbocycles. The first-order valence-corrected chi connectivity index (χ1v) is 13.8. The van der Waals surface area contributed by atoms with Gasteiger partial charge in [0.1, 0.15) is 6.07 Å². The van der Waals surface area contributed by atoms with Gasteiger partial charge in [0.2, 0.25) is 10.9 Å². The van der Waals surface area contributed by atoms with Crippen molar-refractivity contribution in [1.29, 1.82) is 5.26 Å². The van der Waals surface area contributed by atoms with Gasteiger partial charge in [0.25, 0.3) is 5.91 Å². The number of hydrogen-bond acceptors (Lipinski definition) is 9. The van der Waals surface area contributed by atoms with Gasteiger partial charge in [0.05, 0.1) is 34.2 Å². The minimum Gasteiger partial charge on any atom is -0.382 e. The molecule has 1 saturated heterocycles. The fraction of sp³-hybridized carbons (Fsp3) is 0.370. The second-order valence-electron chi connectivity index (χ2n) is 10.3. The highest BCUT2D eigenvalue weighted by Gasteiger charge is 2.34. The van der Waals surface area contributed by atoms with Crippen LogP contribution in [0.4, 0.5) is 5.69 Å². The number of carbonyl (C=O) groups is 2. The standard InChI is InChI=1S/C27H27N9O2S/c1-15(2)31-21-10-22(23-6-5-19-9-16(11-28)12-30-36(19)23)29-13-20(21)25-33-34-26(39-25)27(38)35-8-7-18(14-35)32-24(37)17-3-4-17/h5-6,9-10,12-13,15,17-18H,3-4,7-8,14H2,1-2H3,(H,29,31)(H,32,37)/t18-/m0/s1. The lowest BCUT2D eigenvalue weighted by Gasteiger charge is -2.15. The number of rotatable bonds is 7. The van der Waals surface area contributed by atoms with Crippen molar-refractivity contribution in [2.24, 2.45) is 5.92 Å². The lowest BCUT2D eigenvalue weighted by Crippen LogP contribution is -2.39. The molecule has 11 nitrogen and oxygen atoms in total. The fourth-order valence-electron chi connectivity index (χ4n) is 4.73. The van der Waals surface area contributed by atoms with E-state index in [1.165, 1.54) is 17.5 Å². The second kappa shape index (κ2) is 10.1. The van der Waals surface area contributed by atoms with Gasteiger partial charge in [-0.15, -0.1) is 10.2 Å². The van der Waals surface area contributed by atoms with Gasteiger partial charge in [0, 0.05) is 43.0 Å². The number of nitriles is 1. The maximum Gasteiger partial charge on any atom is 0.284 e. The summed E-state index contributed by atoms with van der Waals surface area (Å²) in [5, 5.41) is 29.5. The first-order chi connectivity index (χ1) is 18.9. The molecule has 0 radical (unpaired) electrons. The van der Waals surface area contributed by atoms with Crippen LogP contribution in [0.5, 0.6) is 0 Å². The Morgan fingerprint density at radius 1 is 1.15 bits per heavy atom. The molecule has 5 heterocycles. The molecule has 0 spiro atoms. The highest BCUT2D eigenvalue weighted by molar-refractivity contribution is 7.16. The molecule has 2 N–H and O–H groups in total. The first kappa shape index (κ1) is 24.9. The third kappa shape index (κ3) is 5.05. The van der Waals surface area contributed by atoms with E-state index < -0.39 is 0 Å². The fourth-order valence-corrected chi connectivity index (χ4v) is 5.57. The van der Waals surface area contributed by atoms with Crippen molar-refractivity contribution in [3.8, 4) is 28.0 Å². The Hall–Kier alpha value is -4.37. The summed E-state index contributed by atoms with van der Waals surface area (Å²) in [5.41, 5.74) is 4.36. The van der Waals surface area contributed by atoms with E-state index >= 15 is 0 Å². The van der Waals surface area contributed by atoms with Crippen LogP contribution in [0, 0.1) is 17.2 Å².